The van der Waals surface area contributed by atoms with Crippen molar-refractivity contribution < 1.29 is 0 Å². The van der Waals surface area contributed by atoms with Gasteiger partial charge in [0.1, 0.15) is 5.52 Å². The lowest BCUT2D eigenvalue weighted by Crippen LogP contribution is -1.85. The van der Waals surface area contributed by atoms with E-state index in [9.17, 15) is 0 Å². The molecule has 11 heavy (non-hydrogen) atoms. The number of hydrogen-bond donors (Lipinski definition) is 0. The van der Waals surface area contributed by atoms with Gasteiger partial charge in [0.2, 0.25) is 0 Å². The maximum absolute atomic E-state index is 4.22. The molecule has 3 heteroatoms. The number of aryl methyl sites for hydroxylation is 2. The zero-order valence-electron chi connectivity index (χ0n) is 6.57. The largest absolute Gasteiger partial charge is 0.334 e. The molecule has 0 fully saturated rings. The Balaban J connectivity index is 2.94. The van der Waals surface area contributed by atoms with E-state index in [2.05, 4.69) is 9.97 Å². The Hall–Kier alpha value is -1.38. The minimum Gasteiger partial charge on any atom is -0.334 e. The van der Waals surface area contributed by atoms with Gasteiger partial charge in [0.15, 0.2) is 0 Å². The normalized spacial score (nSPS) is 10.7. The van der Waals surface area contributed by atoms with E-state index < -0.39 is 0 Å². The fourth-order valence-corrected chi connectivity index (χ4v) is 1.20. The van der Waals surface area contributed by atoms with Crippen molar-refractivity contribution >= 4 is 11.0 Å². The van der Waals surface area contributed by atoms with Crippen LogP contribution >= 0.6 is 0 Å². The van der Waals surface area contributed by atoms with Crippen molar-refractivity contribution in [1.82, 2.24) is 14.5 Å². The summed E-state index contributed by atoms with van der Waals surface area (Å²) in [5, 5.41) is 0. The van der Waals surface area contributed by atoms with Crippen LogP contribution < -0.4 is 0 Å². The molecule has 0 unspecified atom stereocenters. The molecule has 2 aromatic rings. The third-order valence-corrected chi connectivity index (χ3v) is 1.83. The first-order valence-electron chi connectivity index (χ1n) is 3.51. The van der Waals surface area contributed by atoms with Crippen LogP contribution in [0.3, 0.4) is 0 Å². The van der Waals surface area contributed by atoms with Crippen LogP contribution in [-0.4, -0.2) is 14.5 Å². The van der Waals surface area contributed by atoms with Crippen molar-refractivity contribution in [2.24, 2.45) is 7.05 Å². The Morgan fingerprint density at radius 3 is 2.91 bits per heavy atom. The molecule has 2 aromatic heterocycles. The van der Waals surface area contributed by atoms with Crippen LogP contribution in [0.4, 0.5) is 0 Å². The SMILES string of the molecule is Cc1nccc2c1ncn2C. The molecule has 0 aliphatic rings. The van der Waals surface area contributed by atoms with Gasteiger partial charge in [-0.05, 0) is 13.0 Å². The molecule has 0 aliphatic heterocycles. The maximum Gasteiger partial charge on any atom is 0.110 e. The molecule has 2 heterocycles. The van der Waals surface area contributed by atoms with Gasteiger partial charge in [-0.25, -0.2) is 4.98 Å². The summed E-state index contributed by atoms with van der Waals surface area (Å²) in [6.07, 6.45) is 3.61. The van der Waals surface area contributed by atoms with Crippen LogP contribution in [0.1, 0.15) is 5.69 Å². The van der Waals surface area contributed by atoms with Crippen molar-refractivity contribution in [3.63, 3.8) is 0 Å². The zero-order chi connectivity index (χ0) is 7.84. The summed E-state index contributed by atoms with van der Waals surface area (Å²) in [6.45, 7) is 1.97. The molecule has 0 saturated heterocycles. The van der Waals surface area contributed by atoms with E-state index in [4.69, 9.17) is 0 Å². The first-order valence-corrected chi connectivity index (χ1v) is 3.51. The van der Waals surface area contributed by atoms with Gasteiger partial charge in [-0.3, -0.25) is 4.98 Å². The van der Waals surface area contributed by atoms with Gasteiger partial charge in [-0.1, -0.05) is 0 Å². The molecule has 0 amide bonds. The summed E-state index contributed by atoms with van der Waals surface area (Å²) in [7, 11) is 1.98. The number of aromatic nitrogens is 3. The van der Waals surface area contributed by atoms with Crippen molar-refractivity contribution in [3.05, 3.63) is 24.3 Å². The van der Waals surface area contributed by atoms with Crippen LogP contribution in [-0.2, 0) is 7.05 Å². The summed E-state index contributed by atoms with van der Waals surface area (Å²) < 4.78 is 1.99. The molecule has 0 radical (unpaired) electrons. The van der Waals surface area contributed by atoms with E-state index >= 15 is 0 Å². The van der Waals surface area contributed by atoms with E-state index in [1.165, 1.54) is 0 Å². The molecular formula is C8H9N3. The predicted octanol–water partition coefficient (Wildman–Crippen LogP) is 1.28. The molecule has 0 bridgehead atoms. The molecule has 0 aromatic carbocycles. The van der Waals surface area contributed by atoms with Crippen molar-refractivity contribution in [1.29, 1.82) is 0 Å². The highest BCUT2D eigenvalue weighted by atomic mass is 15.0. The highest BCUT2D eigenvalue weighted by Gasteiger charge is 2.00. The highest BCUT2D eigenvalue weighted by Crippen LogP contribution is 2.12. The topological polar surface area (TPSA) is 30.7 Å². The second kappa shape index (κ2) is 2.05. The first-order chi connectivity index (χ1) is 5.29. The van der Waals surface area contributed by atoms with Gasteiger partial charge in [0.05, 0.1) is 17.5 Å². The lowest BCUT2D eigenvalue weighted by atomic mass is 10.3. The number of fused-ring (bicyclic) bond motifs is 1. The van der Waals surface area contributed by atoms with Crippen LogP contribution in [0.5, 0.6) is 0 Å². The predicted molar refractivity (Wildman–Crippen MR) is 43.2 cm³/mol. The molecule has 0 aliphatic carbocycles. The van der Waals surface area contributed by atoms with Gasteiger partial charge < -0.3 is 4.57 Å². The number of pyridine rings is 1. The fraction of sp³-hybridized carbons (Fsp3) is 0.250. The Bertz CT molecular complexity index is 389. The summed E-state index contributed by atoms with van der Waals surface area (Å²) in [5.74, 6) is 0. The minimum atomic E-state index is 0.989. The van der Waals surface area contributed by atoms with Gasteiger partial charge >= 0.3 is 0 Å². The number of imidazole rings is 1. The quantitative estimate of drug-likeness (QED) is 0.562. The van der Waals surface area contributed by atoms with E-state index in [1.807, 2.05) is 24.6 Å². The molecule has 0 saturated carbocycles. The summed E-state index contributed by atoms with van der Waals surface area (Å²) >= 11 is 0. The molecule has 0 spiro atoms. The number of nitrogens with zero attached hydrogens (tertiary/aromatic N) is 3. The Morgan fingerprint density at radius 1 is 1.36 bits per heavy atom. The van der Waals surface area contributed by atoms with E-state index in [-0.39, 0.29) is 0 Å². The Labute approximate surface area is 64.7 Å². The Morgan fingerprint density at radius 2 is 2.18 bits per heavy atom. The van der Waals surface area contributed by atoms with Gasteiger partial charge in [0.25, 0.3) is 0 Å². The van der Waals surface area contributed by atoms with Crippen LogP contribution in [0.2, 0.25) is 0 Å². The molecule has 0 atom stereocenters. The van der Waals surface area contributed by atoms with Gasteiger partial charge in [0, 0.05) is 13.2 Å². The lowest BCUT2D eigenvalue weighted by Gasteiger charge is -1.94. The van der Waals surface area contributed by atoms with Crippen molar-refractivity contribution in [2.45, 2.75) is 6.92 Å². The summed E-state index contributed by atoms with van der Waals surface area (Å²) in [4.78, 5) is 8.36. The standard InChI is InChI=1S/C8H9N3/c1-6-8-7(3-4-9-6)11(2)5-10-8/h3-5H,1-2H3. The average Bonchev–Trinajstić information content (AvgIpc) is 2.35. The molecule has 3 nitrogen and oxygen atoms in total. The smallest absolute Gasteiger partial charge is 0.110 e. The van der Waals surface area contributed by atoms with E-state index in [1.54, 1.807) is 12.5 Å². The third kappa shape index (κ3) is 0.808. The Kier molecular flexibility index (Phi) is 1.18. The van der Waals surface area contributed by atoms with Gasteiger partial charge in [-0.15, -0.1) is 0 Å². The summed E-state index contributed by atoms with van der Waals surface area (Å²) in [5.41, 5.74) is 3.12. The van der Waals surface area contributed by atoms with Gasteiger partial charge in [-0.2, -0.15) is 0 Å². The molecule has 56 valence electrons. The van der Waals surface area contributed by atoms with Crippen LogP contribution in [0.15, 0.2) is 18.6 Å². The zero-order valence-corrected chi connectivity index (χ0v) is 6.57. The summed E-state index contributed by atoms with van der Waals surface area (Å²) in [6, 6.07) is 1.97. The maximum atomic E-state index is 4.22. The third-order valence-electron chi connectivity index (χ3n) is 1.83. The number of rotatable bonds is 0. The lowest BCUT2D eigenvalue weighted by molar-refractivity contribution is 0.947. The van der Waals surface area contributed by atoms with Crippen molar-refractivity contribution in [2.75, 3.05) is 0 Å². The fourth-order valence-electron chi connectivity index (χ4n) is 1.20. The average molecular weight is 147 g/mol. The second-order valence-corrected chi connectivity index (χ2v) is 2.62. The van der Waals surface area contributed by atoms with E-state index in [0.29, 0.717) is 0 Å². The minimum absolute atomic E-state index is 0.989. The monoisotopic (exact) mass is 147 g/mol. The molecule has 2 rings (SSSR count). The van der Waals surface area contributed by atoms with E-state index in [0.717, 1.165) is 16.7 Å². The van der Waals surface area contributed by atoms with Crippen LogP contribution in [0.25, 0.3) is 11.0 Å². The first kappa shape index (κ1) is 6.34. The van der Waals surface area contributed by atoms with Crippen molar-refractivity contribution in [3.8, 4) is 0 Å². The highest BCUT2D eigenvalue weighted by molar-refractivity contribution is 5.76. The second-order valence-electron chi connectivity index (χ2n) is 2.62. The van der Waals surface area contributed by atoms with Crippen LogP contribution in [0, 0.1) is 6.92 Å². The number of hydrogen-bond acceptors (Lipinski definition) is 2. The molecular weight excluding hydrogens is 138 g/mol. The molecule has 0 N–H and O–H groups in total.